The van der Waals surface area contributed by atoms with Crippen LogP contribution in [-0.4, -0.2) is 10.9 Å². The molecule has 80 valence electrons. The number of nitrogens with one attached hydrogen (secondary N) is 1. The second-order valence-corrected chi connectivity index (χ2v) is 4.42. The minimum atomic E-state index is 0.103. The Morgan fingerprint density at radius 1 is 1.60 bits per heavy atom. The van der Waals surface area contributed by atoms with Gasteiger partial charge in [0.2, 0.25) is 5.91 Å². The van der Waals surface area contributed by atoms with Crippen molar-refractivity contribution in [1.29, 1.82) is 0 Å². The summed E-state index contributed by atoms with van der Waals surface area (Å²) in [5.74, 6) is 0.215. The van der Waals surface area contributed by atoms with Crippen LogP contribution in [0.4, 0.5) is 5.13 Å². The molecule has 5 heteroatoms. The average molecular weight is 223 g/mol. The van der Waals surface area contributed by atoms with E-state index < -0.39 is 0 Å². The van der Waals surface area contributed by atoms with Crippen molar-refractivity contribution in [2.45, 2.75) is 19.4 Å². The van der Waals surface area contributed by atoms with Crippen LogP contribution in [0.3, 0.4) is 0 Å². The van der Waals surface area contributed by atoms with Gasteiger partial charge in [-0.1, -0.05) is 12.2 Å². The smallest absolute Gasteiger partial charge is 0.224 e. The topological polar surface area (TPSA) is 68.0 Å². The number of carbonyl (C=O) groups is 1. The van der Waals surface area contributed by atoms with E-state index in [1.165, 1.54) is 11.3 Å². The standard InChI is InChI=1S/C10H13N3OS/c11-10-13-8(6-15-10)5-12-9(14)7-3-1-2-4-7/h1-2,6-7H,3-5H2,(H2,11,13)(H,12,14). The van der Waals surface area contributed by atoms with Crippen LogP contribution < -0.4 is 11.1 Å². The van der Waals surface area contributed by atoms with Gasteiger partial charge in [0.05, 0.1) is 12.2 Å². The van der Waals surface area contributed by atoms with Crippen molar-refractivity contribution in [2.24, 2.45) is 5.92 Å². The Labute approximate surface area is 92.2 Å². The zero-order valence-corrected chi connectivity index (χ0v) is 9.09. The summed E-state index contributed by atoms with van der Waals surface area (Å²) in [5, 5.41) is 5.27. The van der Waals surface area contributed by atoms with Gasteiger partial charge in [0, 0.05) is 11.3 Å². The lowest BCUT2D eigenvalue weighted by Crippen LogP contribution is -2.29. The van der Waals surface area contributed by atoms with E-state index in [9.17, 15) is 4.79 Å². The maximum absolute atomic E-state index is 11.6. The molecule has 0 spiro atoms. The predicted molar refractivity (Wildman–Crippen MR) is 60.2 cm³/mol. The first-order chi connectivity index (χ1) is 7.25. The number of allylic oxidation sites excluding steroid dienone is 2. The van der Waals surface area contributed by atoms with Gasteiger partial charge in [-0.3, -0.25) is 4.79 Å². The first kappa shape index (κ1) is 10.2. The summed E-state index contributed by atoms with van der Waals surface area (Å²) in [5.41, 5.74) is 6.32. The summed E-state index contributed by atoms with van der Waals surface area (Å²) < 4.78 is 0. The van der Waals surface area contributed by atoms with Gasteiger partial charge < -0.3 is 11.1 Å². The fourth-order valence-electron chi connectivity index (χ4n) is 1.56. The van der Waals surface area contributed by atoms with Crippen molar-refractivity contribution in [3.05, 3.63) is 23.2 Å². The molecule has 0 radical (unpaired) electrons. The van der Waals surface area contributed by atoms with Crippen molar-refractivity contribution in [3.63, 3.8) is 0 Å². The highest BCUT2D eigenvalue weighted by molar-refractivity contribution is 7.13. The maximum Gasteiger partial charge on any atom is 0.224 e. The molecule has 0 aromatic carbocycles. The second-order valence-electron chi connectivity index (χ2n) is 3.53. The number of hydrogen-bond donors (Lipinski definition) is 2. The molecule has 4 nitrogen and oxygen atoms in total. The van der Waals surface area contributed by atoms with Crippen molar-refractivity contribution >= 4 is 22.4 Å². The lowest BCUT2D eigenvalue weighted by Gasteiger charge is -2.08. The summed E-state index contributed by atoms with van der Waals surface area (Å²) in [6.45, 7) is 0.475. The van der Waals surface area contributed by atoms with Gasteiger partial charge in [0.1, 0.15) is 0 Å². The Balaban J connectivity index is 1.80. The molecule has 0 fully saturated rings. The Bertz CT molecular complexity index is 378. The fraction of sp³-hybridized carbons (Fsp3) is 0.400. The zero-order chi connectivity index (χ0) is 10.7. The number of anilines is 1. The Kier molecular flexibility index (Phi) is 3.01. The van der Waals surface area contributed by atoms with Crippen molar-refractivity contribution < 1.29 is 4.79 Å². The third kappa shape index (κ3) is 2.56. The SMILES string of the molecule is Nc1nc(CNC(=O)C2CC=CC2)cs1. The van der Waals surface area contributed by atoms with Gasteiger partial charge >= 0.3 is 0 Å². The zero-order valence-electron chi connectivity index (χ0n) is 8.27. The highest BCUT2D eigenvalue weighted by atomic mass is 32.1. The Morgan fingerprint density at radius 3 is 2.93 bits per heavy atom. The van der Waals surface area contributed by atoms with Crippen molar-refractivity contribution in [2.75, 3.05) is 5.73 Å². The molecule has 1 aliphatic carbocycles. The van der Waals surface area contributed by atoms with Crippen LogP contribution in [0.1, 0.15) is 18.5 Å². The van der Waals surface area contributed by atoms with Gasteiger partial charge in [0.25, 0.3) is 0 Å². The quantitative estimate of drug-likeness (QED) is 0.759. The van der Waals surface area contributed by atoms with Crippen LogP contribution in [0.2, 0.25) is 0 Å². The number of hydrogen-bond acceptors (Lipinski definition) is 4. The lowest BCUT2D eigenvalue weighted by atomic mass is 10.1. The minimum absolute atomic E-state index is 0.103. The number of amides is 1. The van der Waals surface area contributed by atoms with Gasteiger partial charge in [-0.25, -0.2) is 4.98 Å². The monoisotopic (exact) mass is 223 g/mol. The third-order valence-corrected chi connectivity index (χ3v) is 3.11. The number of nitrogens with two attached hydrogens (primary N) is 1. The van der Waals surface area contributed by atoms with Crippen LogP contribution in [0.25, 0.3) is 0 Å². The first-order valence-corrected chi connectivity index (χ1v) is 5.76. The summed E-state index contributed by atoms with van der Waals surface area (Å²) in [6.07, 6.45) is 5.80. The van der Waals surface area contributed by atoms with E-state index in [0.29, 0.717) is 11.7 Å². The van der Waals surface area contributed by atoms with E-state index in [1.54, 1.807) is 0 Å². The lowest BCUT2D eigenvalue weighted by molar-refractivity contribution is -0.124. The van der Waals surface area contributed by atoms with Gasteiger partial charge in [-0.2, -0.15) is 0 Å². The number of aromatic nitrogens is 1. The van der Waals surface area contributed by atoms with Crippen molar-refractivity contribution in [3.8, 4) is 0 Å². The summed E-state index contributed by atoms with van der Waals surface area (Å²) >= 11 is 1.39. The molecule has 3 N–H and O–H groups in total. The Hall–Kier alpha value is -1.36. The van der Waals surface area contributed by atoms with E-state index in [2.05, 4.69) is 10.3 Å². The molecule has 0 saturated heterocycles. The second kappa shape index (κ2) is 4.44. The van der Waals surface area contributed by atoms with E-state index >= 15 is 0 Å². The minimum Gasteiger partial charge on any atom is -0.375 e. The molecular weight excluding hydrogens is 210 g/mol. The summed E-state index contributed by atoms with van der Waals surface area (Å²) in [6, 6.07) is 0. The predicted octanol–water partition coefficient (Wildman–Crippen LogP) is 1.31. The van der Waals surface area contributed by atoms with Crippen LogP contribution in [0, 0.1) is 5.92 Å². The molecule has 0 bridgehead atoms. The van der Waals surface area contributed by atoms with Crippen LogP contribution in [0.15, 0.2) is 17.5 Å². The molecule has 1 aromatic heterocycles. The van der Waals surface area contributed by atoms with Gasteiger partial charge in [-0.05, 0) is 12.8 Å². The van der Waals surface area contributed by atoms with E-state index in [-0.39, 0.29) is 11.8 Å². The molecule has 1 aromatic rings. The normalized spacial score (nSPS) is 15.7. The number of carbonyl (C=O) groups excluding carboxylic acids is 1. The third-order valence-electron chi connectivity index (χ3n) is 2.39. The molecule has 1 amide bonds. The Morgan fingerprint density at radius 2 is 2.33 bits per heavy atom. The number of thiazole rings is 1. The molecule has 0 unspecified atom stereocenters. The molecule has 0 aliphatic heterocycles. The summed E-state index contributed by atoms with van der Waals surface area (Å²) in [4.78, 5) is 15.7. The molecule has 0 saturated carbocycles. The molecule has 1 aliphatic rings. The maximum atomic E-state index is 11.6. The van der Waals surface area contributed by atoms with E-state index in [4.69, 9.17) is 5.73 Å². The summed E-state index contributed by atoms with van der Waals surface area (Å²) in [7, 11) is 0. The van der Waals surface area contributed by atoms with Crippen molar-refractivity contribution in [1.82, 2.24) is 10.3 Å². The van der Waals surface area contributed by atoms with Crippen LogP contribution in [0.5, 0.6) is 0 Å². The molecule has 1 heterocycles. The molecule has 0 atom stereocenters. The molecule has 15 heavy (non-hydrogen) atoms. The van der Waals surface area contributed by atoms with Crippen LogP contribution in [-0.2, 0) is 11.3 Å². The van der Waals surface area contributed by atoms with Gasteiger partial charge in [0.15, 0.2) is 5.13 Å². The number of rotatable bonds is 3. The number of nitrogens with zero attached hydrogens (tertiary/aromatic N) is 1. The van der Waals surface area contributed by atoms with E-state index in [1.807, 2.05) is 17.5 Å². The average Bonchev–Trinajstić information content (AvgIpc) is 2.84. The highest BCUT2D eigenvalue weighted by Gasteiger charge is 2.18. The number of nitrogen functional groups attached to an aromatic ring is 1. The highest BCUT2D eigenvalue weighted by Crippen LogP contribution is 2.18. The first-order valence-electron chi connectivity index (χ1n) is 4.88. The van der Waals surface area contributed by atoms with Gasteiger partial charge in [-0.15, -0.1) is 11.3 Å². The van der Waals surface area contributed by atoms with Crippen LogP contribution >= 0.6 is 11.3 Å². The fourth-order valence-corrected chi connectivity index (χ4v) is 2.12. The van der Waals surface area contributed by atoms with E-state index in [0.717, 1.165) is 18.5 Å². The molecule has 2 rings (SSSR count). The largest absolute Gasteiger partial charge is 0.375 e. The molecular formula is C10H13N3OS.